The number of nitrogens with zero attached hydrogens (tertiary/aromatic N) is 1. The summed E-state index contributed by atoms with van der Waals surface area (Å²) in [6.07, 6.45) is 0.894. The Labute approximate surface area is 170 Å². The predicted molar refractivity (Wildman–Crippen MR) is 112 cm³/mol. The topological polar surface area (TPSA) is 82.8 Å². The van der Waals surface area contributed by atoms with Gasteiger partial charge in [-0.3, -0.25) is 9.59 Å². The number of carbonyl (C=O) groups excluding carboxylic acids is 1. The summed E-state index contributed by atoms with van der Waals surface area (Å²) in [6, 6.07) is 17.0. The second kappa shape index (κ2) is 9.39. The largest absolute Gasteiger partial charge is 0.481 e. The van der Waals surface area contributed by atoms with E-state index in [9.17, 15) is 9.59 Å². The summed E-state index contributed by atoms with van der Waals surface area (Å²) >= 11 is 0. The number of para-hydroxylation sites is 1. The molecule has 152 valence electrons. The van der Waals surface area contributed by atoms with Crippen molar-refractivity contribution in [2.24, 2.45) is 0 Å². The first-order valence-electron chi connectivity index (χ1n) is 9.65. The Morgan fingerprint density at radius 1 is 1.07 bits per heavy atom. The number of aliphatic carboxylic acids is 1. The quantitative estimate of drug-likeness (QED) is 0.578. The van der Waals surface area contributed by atoms with Crippen molar-refractivity contribution in [3.8, 4) is 0 Å². The summed E-state index contributed by atoms with van der Waals surface area (Å²) in [5.41, 5.74) is 2.54. The van der Waals surface area contributed by atoms with Crippen LogP contribution in [0.5, 0.6) is 0 Å². The SMILES string of the molecule is CN(C)Cc1c(C(=O)NC(CCC(=O)O)Cc2ccccc2)oc2ccccc12. The fourth-order valence-corrected chi connectivity index (χ4v) is 3.43. The Morgan fingerprint density at radius 2 is 1.76 bits per heavy atom. The molecule has 2 aromatic carbocycles. The molecule has 0 radical (unpaired) electrons. The minimum Gasteiger partial charge on any atom is -0.481 e. The molecule has 6 heteroatoms. The van der Waals surface area contributed by atoms with Gasteiger partial charge in [0.05, 0.1) is 0 Å². The Balaban J connectivity index is 1.85. The molecule has 1 atom stereocenters. The van der Waals surface area contributed by atoms with Gasteiger partial charge in [0.15, 0.2) is 5.76 Å². The molecule has 0 aliphatic heterocycles. The van der Waals surface area contributed by atoms with Crippen LogP contribution in [0, 0.1) is 0 Å². The minimum atomic E-state index is -0.880. The standard InChI is InChI=1S/C23H26N2O4/c1-25(2)15-19-18-10-6-7-11-20(18)29-22(19)23(28)24-17(12-13-21(26)27)14-16-8-4-3-5-9-16/h3-11,17H,12-15H2,1-2H3,(H,24,28)(H,26,27). The highest BCUT2D eigenvalue weighted by atomic mass is 16.4. The summed E-state index contributed by atoms with van der Waals surface area (Å²) in [5.74, 6) is -0.910. The Hall–Kier alpha value is -3.12. The molecule has 6 nitrogen and oxygen atoms in total. The van der Waals surface area contributed by atoms with E-state index < -0.39 is 5.97 Å². The molecule has 1 unspecified atom stereocenters. The van der Waals surface area contributed by atoms with Crippen molar-refractivity contribution in [3.63, 3.8) is 0 Å². The van der Waals surface area contributed by atoms with Gasteiger partial charge in [-0.25, -0.2) is 0 Å². The zero-order valence-corrected chi connectivity index (χ0v) is 16.7. The number of carboxylic acid groups (broad SMARTS) is 1. The van der Waals surface area contributed by atoms with Crippen LogP contribution < -0.4 is 5.32 Å². The number of amides is 1. The molecule has 0 saturated heterocycles. The van der Waals surface area contributed by atoms with E-state index in [4.69, 9.17) is 9.52 Å². The molecule has 0 saturated carbocycles. The number of hydrogen-bond donors (Lipinski definition) is 2. The molecule has 29 heavy (non-hydrogen) atoms. The number of benzene rings is 2. The molecule has 0 fully saturated rings. The van der Waals surface area contributed by atoms with Gasteiger partial charge in [-0.05, 0) is 38.6 Å². The molecule has 3 rings (SSSR count). The number of carbonyl (C=O) groups is 2. The maximum absolute atomic E-state index is 13.1. The van der Waals surface area contributed by atoms with Gasteiger partial charge in [0.2, 0.25) is 0 Å². The normalized spacial score (nSPS) is 12.2. The maximum atomic E-state index is 13.1. The van der Waals surface area contributed by atoms with Crippen molar-refractivity contribution in [1.29, 1.82) is 0 Å². The van der Waals surface area contributed by atoms with Crippen molar-refractivity contribution in [1.82, 2.24) is 10.2 Å². The number of rotatable bonds is 9. The van der Waals surface area contributed by atoms with Crippen LogP contribution in [0.1, 0.15) is 34.5 Å². The lowest BCUT2D eigenvalue weighted by Gasteiger charge is -2.18. The second-order valence-electron chi connectivity index (χ2n) is 7.44. The summed E-state index contributed by atoms with van der Waals surface area (Å²) in [7, 11) is 3.88. The monoisotopic (exact) mass is 394 g/mol. The van der Waals surface area contributed by atoms with Gasteiger partial charge in [0.25, 0.3) is 5.91 Å². The van der Waals surface area contributed by atoms with Crippen LogP contribution in [0.4, 0.5) is 0 Å². The average molecular weight is 394 g/mol. The van der Waals surface area contributed by atoms with Gasteiger partial charge >= 0.3 is 5.97 Å². The molecule has 0 spiro atoms. The first kappa shape index (κ1) is 20.6. The lowest BCUT2D eigenvalue weighted by atomic mass is 10.0. The summed E-state index contributed by atoms with van der Waals surface area (Å²) in [5, 5.41) is 13.0. The van der Waals surface area contributed by atoms with Gasteiger partial charge in [-0.2, -0.15) is 0 Å². The van der Waals surface area contributed by atoms with E-state index in [2.05, 4.69) is 5.32 Å². The summed E-state index contributed by atoms with van der Waals surface area (Å²) in [6.45, 7) is 0.568. The van der Waals surface area contributed by atoms with E-state index in [0.717, 1.165) is 16.5 Å². The number of nitrogens with one attached hydrogen (secondary N) is 1. The van der Waals surface area contributed by atoms with Crippen molar-refractivity contribution in [3.05, 3.63) is 71.5 Å². The first-order chi connectivity index (χ1) is 13.9. The molecule has 0 aliphatic carbocycles. The lowest BCUT2D eigenvalue weighted by Crippen LogP contribution is -2.37. The number of furan rings is 1. The number of fused-ring (bicyclic) bond motifs is 1. The van der Waals surface area contributed by atoms with E-state index in [1.807, 2.05) is 73.6 Å². The van der Waals surface area contributed by atoms with Gasteiger partial charge in [-0.1, -0.05) is 48.5 Å². The van der Waals surface area contributed by atoms with Gasteiger partial charge in [-0.15, -0.1) is 0 Å². The van der Waals surface area contributed by atoms with Gasteiger partial charge in [0, 0.05) is 30.0 Å². The van der Waals surface area contributed by atoms with Crippen LogP contribution in [0.2, 0.25) is 0 Å². The third kappa shape index (κ3) is 5.45. The fourth-order valence-electron chi connectivity index (χ4n) is 3.43. The molecule has 1 aromatic heterocycles. The van der Waals surface area contributed by atoms with E-state index in [1.54, 1.807) is 0 Å². The van der Waals surface area contributed by atoms with E-state index in [1.165, 1.54) is 0 Å². The van der Waals surface area contributed by atoms with Crippen LogP contribution >= 0.6 is 0 Å². The van der Waals surface area contributed by atoms with Crippen LogP contribution in [0.25, 0.3) is 11.0 Å². The van der Waals surface area contributed by atoms with Crippen LogP contribution in [0.3, 0.4) is 0 Å². The van der Waals surface area contributed by atoms with E-state index in [0.29, 0.717) is 25.0 Å². The number of hydrogen-bond acceptors (Lipinski definition) is 4. The molecule has 2 N–H and O–H groups in total. The highest BCUT2D eigenvalue weighted by Crippen LogP contribution is 2.27. The van der Waals surface area contributed by atoms with E-state index in [-0.39, 0.29) is 24.1 Å². The highest BCUT2D eigenvalue weighted by Gasteiger charge is 2.23. The van der Waals surface area contributed by atoms with Crippen LogP contribution in [-0.2, 0) is 17.8 Å². The molecular weight excluding hydrogens is 368 g/mol. The first-order valence-corrected chi connectivity index (χ1v) is 9.65. The maximum Gasteiger partial charge on any atom is 0.303 e. The van der Waals surface area contributed by atoms with Gasteiger partial charge in [0.1, 0.15) is 5.58 Å². The summed E-state index contributed by atoms with van der Waals surface area (Å²) < 4.78 is 5.88. The molecule has 0 aliphatic rings. The van der Waals surface area contributed by atoms with Crippen molar-refractivity contribution < 1.29 is 19.1 Å². The Bertz CT molecular complexity index is 979. The molecule has 3 aromatic rings. The lowest BCUT2D eigenvalue weighted by molar-refractivity contribution is -0.137. The average Bonchev–Trinajstić information content (AvgIpc) is 3.05. The minimum absolute atomic E-state index is 0.0114. The molecule has 1 heterocycles. The zero-order chi connectivity index (χ0) is 20.8. The third-order valence-corrected chi connectivity index (χ3v) is 4.75. The van der Waals surface area contributed by atoms with Crippen molar-refractivity contribution >= 4 is 22.8 Å². The molecule has 1 amide bonds. The smallest absolute Gasteiger partial charge is 0.303 e. The van der Waals surface area contributed by atoms with Crippen molar-refractivity contribution in [2.75, 3.05) is 14.1 Å². The third-order valence-electron chi connectivity index (χ3n) is 4.75. The second-order valence-corrected chi connectivity index (χ2v) is 7.44. The summed E-state index contributed by atoms with van der Waals surface area (Å²) in [4.78, 5) is 26.1. The zero-order valence-electron chi connectivity index (χ0n) is 16.7. The fraction of sp³-hybridized carbons (Fsp3) is 0.304. The van der Waals surface area contributed by atoms with Crippen LogP contribution in [-0.4, -0.2) is 42.0 Å². The molecular formula is C23H26N2O4. The number of carboxylic acids is 1. The highest BCUT2D eigenvalue weighted by molar-refractivity contribution is 5.99. The van der Waals surface area contributed by atoms with E-state index >= 15 is 0 Å². The molecule has 0 bridgehead atoms. The van der Waals surface area contributed by atoms with Crippen LogP contribution in [0.15, 0.2) is 59.0 Å². The van der Waals surface area contributed by atoms with Gasteiger partial charge < -0.3 is 19.7 Å². The Kier molecular flexibility index (Phi) is 6.67. The Morgan fingerprint density at radius 3 is 2.45 bits per heavy atom. The van der Waals surface area contributed by atoms with Crippen molar-refractivity contribution in [2.45, 2.75) is 31.8 Å². The predicted octanol–water partition coefficient (Wildman–Crippen LogP) is 3.70.